The van der Waals surface area contributed by atoms with E-state index >= 15 is 0 Å². The van der Waals surface area contributed by atoms with Crippen molar-refractivity contribution in [2.45, 2.75) is 11.3 Å². The molecule has 6 nitrogen and oxygen atoms in total. The standard InChI is InChI=1S/C24H19ClFN5OS/c1-30-20-5-3-2-4-19(20)22-28-29-24(31(22)23(30)15-6-10-17(26)11-7-15)33-14-21(32)27-18-12-8-16(25)9-13-18/h2-13,23H,14H2,1H3,(H,27,32). The lowest BCUT2D eigenvalue weighted by atomic mass is 10.0. The first-order valence-electron chi connectivity index (χ1n) is 10.2. The Kier molecular flexibility index (Phi) is 5.78. The highest BCUT2D eigenvalue weighted by atomic mass is 35.5. The minimum Gasteiger partial charge on any atom is -0.350 e. The summed E-state index contributed by atoms with van der Waals surface area (Å²) in [6.07, 6.45) is -0.285. The van der Waals surface area contributed by atoms with Gasteiger partial charge in [-0.1, -0.05) is 47.6 Å². The molecule has 33 heavy (non-hydrogen) atoms. The summed E-state index contributed by atoms with van der Waals surface area (Å²) in [5.41, 5.74) is 3.51. The van der Waals surface area contributed by atoms with Gasteiger partial charge in [-0.3, -0.25) is 9.36 Å². The van der Waals surface area contributed by atoms with Crippen LogP contribution in [-0.4, -0.2) is 33.5 Å². The number of para-hydroxylation sites is 1. The Morgan fingerprint density at radius 1 is 1.06 bits per heavy atom. The van der Waals surface area contributed by atoms with Gasteiger partial charge in [-0.15, -0.1) is 10.2 Å². The molecule has 2 heterocycles. The molecule has 4 aromatic rings. The number of fused-ring (bicyclic) bond motifs is 3. The monoisotopic (exact) mass is 479 g/mol. The number of hydrogen-bond donors (Lipinski definition) is 1. The van der Waals surface area contributed by atoms with Gasteiger partial charge in [0.1, 0.15) is 12.0 Å². The molecule has 0 radical (unpaired) electrons. The first kappa shape index (κ1) is 21.5. The first-order valence-corrected chi connectivity index (χ1v) is 11.6. The lowest BCUT2D eigenvalue weighted by Crippen LogP contribution is -2.34. The molecule has 0 bridgehead atoms. The lowest BCUT2D eigenvalue weighted by Gasteiger charge is -2.37. The molecule has 1 unspecified atom stereocenters. The summed E-state index contributed by atoms with van der Waals surface area (Å²) in [5, 5.41) is 12.9. The van der Waals surface area contributed by atoms with E-state index in [4.69, 9.17) is 11.6 Å². The van der Waals surface area contributed by atoms with Crippen molar-refractivity contribution in [2.75, 3.05) is 23.0 Å². The summed E-state index contributed by atoms with van der Waals surface area (Å²) in [6.45, 7) is 0. The predicted octanol–water partition coefficient (Wildman–Crippen LogP) is 5.47. The maximum Gasteiger partial charge on any atom is 0.234 e. The molecule has 0 saturated carbocycles. The molecule has 1 aliphatic heterocycles. The highest BCUT2D eigenvalue weighted by Crippen LogP contribution is 2.43. The van der Waals surface area contributed by atoms with Crippen LogP contribution in [0.1, 0.15) is 11.7 Å². The highest BCUT2D eigenvalue weighted by Gasteiger charge is 2.33. The van der Waals surface area contributed by atoms with Gasteiger partial charge in [-0.05, 0) is 54.1 Å². The zero-order valence-electron chi connectivity index (χ0n) is 17.6. The van der Waals surface area contributed by atoms with Gasteiger partial charge in [-0.25, -0.2) is 4.39 Å². The lowest BCUT2D eigenvalue weighted by molar-refractivity contribution is -0.113. The van der Waals surface area contributed by atoms with Crippen LogP contribution in [0.4, 0.5) is 15.8 Å². The quantitative estimate of drug-likeness (QED) is 0.385. The number of benzene rings is 3. The van der Waals surface area contributed by atoms with Crippen LogP contribution in [-0.2, 0) is 4.79 Å². The first-order chi connectivity index (χ1) is 16.0. The molecule has 0 spiro atoms. The third-order valence-corrected chi connectivity index (χ3v) is 6.62. The molecule has 0 aliphatic carbocycles. The number of amides is 1. The molecular formula is C24H19ClFN5OS. The Balaban J connectivity index is 1.46. The van der Waals surface area contributed by atoms with E-state index in [0.29, 0.717) is 21.7 Å². The molecule has 0 fully saturated rings. The van der Waals surface area contributed by atoms with E-state index in [1.165, 1.54) is 23.9 Å². The van der Waals surface area contributed by atoms with Gasteiger partial charge < -0.3 is 10.2 Å². The number of nitrogens with one attached hydrogen (secondary N) is 1. The van der Waals surface area contributed by atoms with Crippen LogP contribution < -0.4 is 10.2 Å². The Labute approximate surface area is 199 Å². The Bertz CT molecular complexity index is 1310. The van der Waals surface area contributed by atoms with Gasteiger partial charge in [0.2, 0.25) is 5.91 Å². The minimum absolute atomic E-state index is 0.155. The zero-order chi connectivity index (χ0) is 22.9. The SMILES string of the molecule is CN1c2ccccc2-c2nnc(SCC(=O)Nc3ccc(Cl)cc3)n2C1c1ccc(F)cc1. The third-order valence-electron chi connectivity index (χ3n) is 5.43. The smallest absolute Gasteiger partial charge is 0.234 e. The van der Waals surface area contributed by atoms with Gasteiger partial charge in [0, 0.05) is 29.0 Å². The number of thioether (sulfide) groups is 1. The topological polar surface area (TPSA) is 63.1 Å². The van der Waals surface area contributed by atoms with Crippen molar-refractivity contribution in [1.82, 2.24) is 14.8 Å². The summed E-state index contributed by atoms with van der Waals surface area (Å²) in [6, 6.07) is 21.3. The van der Waals surface area contributed by atoms with Crippen molar-refractivity contribution < 1.29 is 9.18 Å². The van der Waals surface area contributed by atoms with Crippen LogP contribution in [0.15, 0.2) is 78.0 Å². The number of anilines is 2. The number of carbonyl (C=O) groups excluding carboxylic acids is 1. The maximum atomic E-state index is 13.6. The summed E-state index contributed by atoms with van der Waals surface area (Å²) in [7, 11) is 1.98. The normalized spacial score (nSPS) is 14.5. The molecule has 1 aliphatic rings. The fourth-order valence-corrected chi connectivity index (χ4v) is 4.81. The van der Waals surface area contributed by atoms with Crippen LogP contribution in [0.3, 0.4) is 0 Å². The molecule has 5 rings (SSSR count). The largest absolute Gasteiger partial charge is 0.350 e. The second-order valence-electron chi connectivity index (χ2n) is 7.57. The van der Waals surface area contributed by atoms with Gasteiger partial charge in [-0.2, -0.15) is 0 Å². The van der Waals surface area contributed by atoms with Crippen LogP contribution in [0, 0.1) is 5.82 Å². The summed E-state index contributed by atoms with van der Waals surface area (Å²) in [4.78, 5) is 14.6. The van der Waals surface area contributed by atoms with Crippen molar-refractivity contribution in [1.29, 1.82) is 0 Å². The van der Waals surface area contributed by atoms with Crippen LogP contribution in [0.5, 0.6) is 0 Å². The number of aromatic nitrogens is 3. The van der Waals surface area contributed by atoms with E-state index in [0.717, 1.165) is 16.8 Å². The van der Waals surface area contributed by atoms with E-state index in [1.807, 2.05) is 35.9 Å². The highest BCUT2D eigenvalue weighted by molar-refractivity contribution is 7.99. The Morgan fingerprint density at radius 2 is 1.79 bits per heavy atom. The zero-order valence-corrected chi connectivity index (χ0v) is 19.1. The van der Waals surface area contributed by atoms with Crippen LogP contribution in [0.25, 0.3) is 11.4 Å². The average molecular weight is 480 g/mol. The molecule has 0 saturated heterocycles. The number of rotatable bonds is 5. The Morgan fingerprint density at radius 3 is 2.55 bits per heavy atom. The second kappa shape index (κ2) is 8.88. The predicted molar refractivity (Wildman–Crippen MR) is 129 cm³/mol. The molecule has 9 heteroatoms. The van der Waals surface area contributed by atoms with Crippen molar-refractivity contribution in [3.05, 3.63) is 89.2 Å². The summed E-state index contributed by atoms with van der Waals surface area (Å²) in [5.74, 6) is 0.402. The van der Waals surface area contributed by atoms with E-state index in [9.17, 15) is 9.18 Å². The van der Waals surface area contributed by atoms with Gasteiger partial charge in [0.25, 0.3) is 0 Å². The van der Waals surface area contributed by atoms with E-state index < -0.39 is 0 Å². The number of halogens is 2. The van der Waals surface area contributed by atoms with Crippen molar-refractivity contribution in [3.63, 3.8) is 0 Å². The van der Waals surface area contributed by atoms with Gasteiger partial charge >= 0.3 is 0 Å². The van der Waals surface area contributed by atoms with Crippen LogP contribution >= 0.6 is 23.4 Å². The fourth-order valence-electron chi connectivity index (χ4n) is 3.92. The van der Waals surface area contributed by atoms with E-state index in [2.05, 4.69) is 20.4 Å². The molecule has 1 atom stereocenters. The number of nitrogens with zero attached hydrogens (tertiary/aromatic N) is 4. The average Bonchev–Trinajstić information content (AvgIpc) is 3.24. The van der Waals surface area contributed by atoms with Crippen molar-refractivity contribution >= 4 is 40.6 Å². The Hall–Kier alpha value is -3.36. The number of hydrogen-bond acceptors (Lipinski definition) is 5. The molecule has 1 N–H and O–H groups in total. The van der Waals surface area contributed by atoms with Gasteiger partial charge in [0.15, 0.2) is 11.0 Å². The summed E-state index contributed by atoms with van der Waals surface area (Å²) < 4.78 is 15.6. The van der Waals surface area contributed by atoms with Crippen molar-refractivity contribution in [3.8, 4) is 11.4 Å². The fraction of sp³-hybridized carbons (Fsp3) is 0.125. The second-order valence-corrected chi connectivity index (χ2v) is 8.95. The molecule has 3 aromatic carbocycles. The molecule has 1 amide bonds. The maximum absolute atomic E-state index is 13.6. The third kappa shape index (κ3) is 4.19. The van der Waals surface area contributed by atoms with E-state index in [1.54, 1.807) is 36.4 Å². The molecule has 166 valence electrons. The van der Waals surface area contributed by atoms with Crippen molar-refractivity contribution in [2.24, 2.45) is 0 Å². The van der Waals surface area contributed by atoms with E-state index in [-0.39, 0.29) is 23.6 Å². The minimum atomic E-state index is -0.296. The summed E-state index contributed by atoms with van der Waals surface area (Å²) >= 11 is 7.21. The van der Waals surface area contributed by atoms with Gasteiger partial charge in [0.05, 0.1) is 5.75 Å². The van der Waals surface area contributed by atoms with Crippen LogP contribution in [0.2, 0.25) is 5.02 Å². The molecule has 1 aromatic heterocycles. The number of carbonyl (C=O) groups is 1. The molecular weight excluding hydrogens is 461 g/mol.